The molecule has 0 spiro atoms. The number of morpholine rings is 1. The Morgan fingerprint density at radius 1 is 1.07 bits per heavy atom. The Morgan fingerprint density at radius 2 is 1.71 bits per heavy atom. The summed E-state index contributed by atoms with van der Waals surface area (Å²) in [6.45, 7) is 10.7. The standard InChI is InChI=1S/C18H19FN2O3.2C2H6/c19-16-12-15(6-7-17(16)21-8-10-23-11-9-21)20-18(22)24-13-14-4-2-1-3-5-14;2*1-2/h1-7,12H,8-11,13H2,(H,20,22);2*1-2H3. The molecular weight excluding hydrogens is 359 g/mol. The highest BCUT2D eigenvalue weighted by Crippen LogP contribution is 2.23. The molecule has 1 amide bonds. The number of nitrogens with one attached hydrogen (secondary N) is 1. The summed E-state index contributed by atoms with van der Waals surface area (Å²) in [4.78, 5) is 13.7. The van der Waals surface area contributed by atoms with Gasteiger partial charge in [0.2, 0.25) is 0 Å². The van der Waals surface area contributed by atoms with Crippen molar-refractivity contribution in [1.29, 1.82) is 0 Å². The number of nitrogens with zero attached hydrogens (tertiary/aromatic N) is 1. The van der Waals surface area contributed by atoms with Crippen LogP contribution in [0.1, 0.15) is 33.3 Å². The molecule has 1 aliphatic rings. The number of hydrogen-bond acceptors (Lipinski definition) is 4. The lowest BCUT2D eigenvalue weighted by Crippen LogP contribution is -2.36. The van der Waals surface area contributed by atoms with E-state index < -0.39 is 6.09 Å². The Bertz CT molecular complexity index is 689. The van der Waals surface area contributed by atoms with Crippen LogP contribution in [-0.2, 0) is 16.1 Å². The zero-order valence-corrected chi connectivity index (χ0v) is 17.2. The van der Waals surface area contributed by atoms with Crippen molar-refractivity contribution in [3.8, 4) is 0 Å². The topological polar surface area (TPSA) is 50.8 Å². The largest absolute Gasteiger partial charge is 0.444 e. The Labute approximate surface area is 167 Å². The molecule has 0 aromatic heterocycles. The van der Waals surface area contributed by atoms with Gasteiger partial charge >= 0.3 is 6.09 Å². The Morgan fingerprint density at radius 3 is 2.32 bits per heavy atom. The molecule has 2 aromatic carbocycles. The van der Waals surface area contributed by atoms with E-state index in [1.165, 1.54) is 6.07 Å². The van der Waals surface area contributed by atoms with Crippen LogP contribution in [0.5, 0.6) is 0 Å². The van der Waals surface area contributed by atoms with Gasteiger partial charge in [-0.15, -0.1) is 0 Å². The zero-order valence-electron chi connectivity index (χ0n) is 17.2. The van der Waals surface area contributed by atoms with Crippen molar-refractivity contribution in [3.05, 3.63) is 59.9 Å². The second kappa shape index (κ2) is 13.6. The molecular formula is C22H31FN2O3. The summed E-state index contributed by atoms with van der Waals surface area (Å²) in [5, 5.41) is 2.54. The van der Waals surface area contributed by atoms with Gasteiger partial charge in [-0.3, -0.25) is 5.32 Å². The van der Waals surface area contributed by atoms with Crippen LogP contribution in [-0.4, -0.2) is 32.4 Å². The third kappa shape index (κ3) is 7.56. The number of carbonyl (C=O) groups excluding carboxylic acids is 1. The van der Waals surface area contributed by atoms with Gasteiger partial charge in [-0.25, -0.2) is 9.18 Å². The van der Waals surface area contributed by atoms with Crippen molar-refractivity contribution in [1.82, 2.24) is 0 Å². The molecule has 1 heterocycles. The number of anilines is 2. The van der Waals surface area contributed by atoms with E-state index in [0.717, 1.165) is 5.56 Å². The van der Waals surface area contributed by atoms with E-state index in [0.29, 0.717) is 37.7 Å². The lowest BCUT2D eigenvalue weighted by Gasteiger charge is -2.29. The molecule has 28 heavy (non-hydrogen) atoms. The third-order valence-electron chi connectivity index (χ3n) is 3.76. The number of benzene rings is 2. The first-order valence-corrected chi connectivity index (χ1v) is 9.82. The molecule has 154 valence electrons. The molecule has 0 bridgehead atoms. The van der Waals surface area contributed by atoms with E-state index in [1.807, 2.05) is 62.9 Å². The fourth-order valence-electron chi connectivity index (χ4n) is 2.52. The molecule has 0 saturated carbocycles. The predicted molar refractivity (Wildman–Crippen MR) is 112 cm³/mol. The maximum Gasteiger partial charge on any atom is 0.411 e. The van der Waals surface area contributed by atoms with Crippen molar-refractivity contribution in [2.75, 3.05) is 36.5 Å². The fraction of sp³-hybridized carbons (Fsp3) is 0.409. The minimum atomic E-state index is -0.614. The minimum absolute atomic E-state index is 0.168. The molecule has 1 aliphatic heterocycles. The molecule has 1 fully saturated rings. The smallest absolute Gasteiger partial charge is 0.411 e. The number of amides is 1. The van der Waals surface area contributed by atoms with Gasteiger partial charge < -0.3 is 14.4 Å². The van der Waals surface area contributed by atoms with Crippen LogP contribution in [0.15, 0.2) is 48.5 Å². The fourth-order valence-corrected chi connectivity index (χ4v) is 2.52. The van der Waals surface area contributed by atoms with Crippen LogP contribution in [0.3, 0.4) is 0 Å². The average molecular weight is 390 g/mol. The van der Waals surface area contributed by atoms with Crippen molar-refractivity contribution in [2.24, 2.45) is 0 Å². The van der Waals surface area contributed by atoms with Crippen LogP contribution >= 0.6 is 0 Å². The Balaban J connectivity index is 0.000000921. The van der Waals surface area contributed by atoms with Gasteiger partial charge in [0.05, 0.1) is 18.9 Å². The number of ether oxygens (including phenoxy) is 2. The van der Waals surface area contributed by atoms with E-state index in [1.54, 1.807) is 12.1 Å². The second-order valence-electron chi connectivity index (χ2n) is 5.45. The van der Waals surface area contributed by atoms with Gasteiger partial charge in [-0.05, 0) is 23.8 Å². The maximum absolute atomic E-state index is 14.3. The zero-order chi connectivity index (χ0) is 20.8. The predicted octanol–water partition coefficient (Wildman–Crippen LogP) is 5.46. The van der Waals surface area contributed by atoms with Gasteiger partial charge in [0.1, 0.15) is 12.4 Å². The molecule has 1 saturated heterocycles. The van der Waals surface area contributed by atoms with E-state index in [-0.39, 0.29) is 12.4 Å². The molecule has 0 unspecified atom stereocenters. The first kappa shape index (κ1) is 23.4. The van der Waals surface area contributed by atoms with Crippen LogP contribution in [0, 0.1) is 5.82 Å². The van der Waals surface area contributed by atoms with Gasteiger partial charge in [-0.2, -0.15) is 0 Å². The van der Waals surface area contributed by atoms with Crippen molar-refractivity contribution >= 4 is 17.5 Å². The van der Waals surface area contributed by atoms with Gasteiger partial charge in [0.25, 0.3) is 0 Å². The summed E-state index contributed by atoms with van der Waals surface area (Å²) in [6, 6.07) is 14.0. The van der Waals surface area contributed by atoms with E-state index in [9.17, 15) is 9.18 Å². The van der Waals surface area contributed by atoms with E-state index in [4.69, 9.17) is 9.47 Å². The monoisotopic (exact) mass is 390 g/mol. The van der Waals surface area contributed by atoms with E-state index >= 15 is 0 Å². The van der Waals surface area contributed by atoms with Crippen LogP contribution in [0.4, 0.5) is 20.6 Å². The molecule has 0 atom stereocenters. The van der Waals surface area contributed by atoms with Gasteiger partial charge in [0.15, 0.2) is 0 Å². The average Bonchev–Trinajstić information content (AvgIpc) is 2.77. The Kier molecular flexibility index (Phi) is 11.3. The van der Waals surface area contributed by atoms with Crippen molar-refractivity contribution < 1.29 is 18.7 Å². The normalized spacial score (nSPS) is 12.7. The molecule has 5 nitrogen and oxygen atoms in total. The number of carbonyl (C=O) groups is 1. The SMILES string of the molecule is CC.CC.O=C(Nc1ccc(N2CCOCC2)c(F)c1)OCc1ccccc1. The summed E-state index contributed by atoms with van der Waals surface area (Å²) in [6.07, 6.45) is -0.614. The van der Waals surface area contributed by atoms with Crippen molar-refractivity contribution in [3.63, 3.8) is 0 Å². The first-order valence-electron chi connectivity index (χ1n) is 9.82. The van der Waals surface area contributed by atoms with Crippen molar-refractivity contribution in [2.45, 2.75) is 34.3 Å². The maximum atomic E-state index is 14.3. The van der Waals surface area contributed by atoms with Crippen LogP contribution in [0.2, 0.25) is 0 Å². The third-order valence-corrected chi connectivity index (χ3v) is 3.76. The van der Waals surface area contributed by atoms with Crippen LogP contribution < -0.4 is 10.2 Å². The molecule has 0 radical (unpaired) electrons. The summed E-state index contributed by atoms with van der Waals surface area (Å²) in [5.41, 5.74) is 1.77. The molecule has 0 aliphatic carbocycles. The lowest BCUT2D eigenvalue weighted by molar-refractivity contribution is 0.122. The number of hydrogen-bond donors (Lipinski definition) is 1. The molecule has 1 N–H and O–H groups in total. The van der Waals surface area contributed by atoms with Gasteiger partial charge in [-0.1, -0.05) is 58.0 Å². The van der Waals surface area contributed by atoms with Crippen LogP contribution in [0.25, 0.3) is 0 Å². The number of halogens is 1. The quantitative estimate of drug-likeness (QED) is 0.753. The first-order chi connectivity index (χ1) is 13.7. The lowest BCUT2D eigenvalue weighted by atomic mass is 10.2. The highest BCUT2D eigenvalue weighted by Gasteiger charge is 2.16. The highest BCUT2D eigenvalue weighted by molar-refractivity contribution is 5.85. The number of rotatable bonds is 4. The van der Waals surface area contributed by atoms with Gasteiger partial charge in [0, 0.05) is 18.8 Å². The minimum Gasteiger partial charge on any atom is -0.444 e. The molecule has 2 aromatic rings. The highest BCUT2D eigenvalue weighted by atomic mass is 19.1. The summed E-state index contributed by atoms with van der Waals surface area (Å²) < 4.78 is 24.6. The summed E-state index contributed by atoms with van der Waals surface area (Å²) in [7, 11) is 0. The molecule has 3 rings (SSSR count). The second-order valence-corrected chi connectivity index (χ2v) is 5.45. The Hall–Kier alpha value is -2.60. The van der Waals surface area contributed by atoms with E-state index in [2.05, 4.69) is 5.32 Å². The summed E-state index contributed by atoms with van der Waals surface area (Å²) >= 11 is 0. The molecule has 6 heteroatoms. The summed E-state index contributed by atoms with van der Waals surface area (Å²) in [5.74, 6) is -0.377.